The maximum Gasteiger partial charge on any atom is 0.159 e. The summed E-state index contributed by atoms with van der Waals surface area (Å²) >= 11 is 0. The Labute approximate surface area is 149 Å². The molecular formula is C22H29F3. The first kappa shape index (κ1) is 18.5. The van der Waals surface area contributed by atoms with Crippen LogP contribution in [0, 0.1) is 29.4 Å². The van der Waals surface area contributed by atoms with E-state index < -0.39 is 11.6 Å². The third-order valence-electron chi connectivity index (χ3n) is 6.35. The number of alkyl halides is 1. The molecule has 0 spiro atoms. The van der Waals surface area contributed by atoms with Gasteiger partial charge in [0.25, 0.3) is 0 Å². The van der Waals surface area contributed by atoms with Crippen molar-refractivity contribution < 1.29 is 13.2 Å². The fourth-order valence-electron chi connectivity index (χ4n) is 4.85. The molecule has 0 nitrogen and oxygen atoms in total. The van der Waals surface area contributed by atoms with Crippen LogP contribution in [0.25, 0.3) is 0 Å². The van der Waals surface area contributed by atoms with Gasteiger partial charge < -0.3 is 0 Å². The lowest BCUT2D eigenvalue weighted by Crippen LogP contribution is -2.25. The standard InChI is InChI=1S/C22H29F3/c23-14-2-1-3-16-4-6-17(7-5-16)18-8-10-19(11-9-18)20-12-13-21(24)22(25)15-20/h1,3,12-13,15-19H,2,4-11,14H2/t16-,17-,18-,19-. The first-order valence-corrected chi connectivity index (χ1v) is 9.85. The normalized spacial score (nSPS) is 30.7. The number of rotatable bonds is 5. The second kappa shape index (κ2) is 8.91. The maximum absolute atomic E-state index is 13.4. The van der Waals surface area contributed by atoms with E-state index >= 15 is 0 Å². The highest BCUT2D eigenvalue weighted by Crippen LogP contribution is 2.44. The van der Waals surface area contributed by atoms with Crippen LogP contribution in [-0.2, 0) is 0 Å². The van der Waals surface area contributed by atoms with Crippen molar-refractivity contribution in [2.24, 2.45) is 17.8 Å². The molecule has 0 bridgehead atoms. The molecule has 3 rings (SSSR count). The van der Waals surface area contributed by atoms with Crippen molar-refractivity contribution in [3.05, 3.63) is 47.5 Å². The molecule has 0 heterocycles. The third kappa shape index (κ3) is 4.89. The minimum Gasteiger partial charge on any atom is -0.251 e. The Bertz CT molecular complexity index is 565. The molecule has 1 aromatic rings. The molecule has 0 aromatic heterocycles. The van der Waals surface area contributed by atoms with Gasteiger partial charge in [0.05, 0.1) is 6.67 Å². The minimum atomic E-state index is -0.755. The lowest BCUT2D eigenvalue weighted by molar-refractivity contribution is 0.171. The molecule has 2 saturated carbocycles. The molecule has 1 aromatic carbocycles. The number of hydrogen-bond acceptors (Lipinski definition) is 0. The molecule has 0 amide bonds. The maximum atomic E-state index is 13.4. The van der Waals surface area contributed by atoms with Gasteiger partial charge in [0.1, 0.15) is 0 Å². The summed E-state index contributed by atoms with van der Waals surface area (Å²) in [6.45, 7) is -0.257. The summed E-state index contributed by atoms with van der Waals surface area (Å²) in [6.07, 6.45) is 14.4. The number of allylic oxidation sites excluding steroid dienone is 2. The Kier molecular flexibility index (Phi) is 6.61. The van der Waals surface area contributed by atoms with Crippen molar-refractivity contribution >= 4 is 0 Å². The van der Waals surface area contributed by atoms with Crippen LogP contribution in [0.5, 0.6) is 0 Å². The van der Waals surface area contributed by atoms with E-state index in [4.69, 9.17) is 0 Å². The van der Waals surface area contributed by atoms with E-state index in [1.807, 2.05) is 6.08 Å². The molecule has 2 fully saturated rings. The quantitative estimate of drug-likeness (QED) is 0.503. The van der Waals surface area contributed by atoms with Gasteiger partial charge in [-0.05, 0) is 99.2 Å². The smallest absolute Gasteiger partial charge is 0.159 e. The monoisotopic (exact) mass is 350 g/mol. The second-order valence-electron chi connectivity index (χ2n) is 7.87. The molecule has 25 heavy (non-hydrogen) atoms. The van der Waals surface area contributed by atoms with Gasteiger partial charge in [0.2, 0.25) is 0 Å². The van der Waals surface area contributed by atoms with Crippen molar-refractivity contribution in [3.63, 3.8) is 0 Å². The van der Waals surface area contributed by atoms with E-state index in [9.17, 15) is 13.2 Å². The molecule has 0 unspecified atom stereocenters. The molecule has 0 radical (unpaired) electrons. The predicted molar refractivity (Wildman–Crippen MR) is 96.2 cm³/mol. The van der Waals surface area contributed by atoms with Crippen molar-refractivity contribution in [1.29, 1.82) is 0 Å². The summed E-state index contributed by atoms with van der Waals surface area (Å²) in [4.78, 5) is 0. The SMILES string of the molecule is FCCC=C[C@H]1CC[C@H]([C@H]2CC[C@H](c3ccc(F)c(F)c3)CC2)CC1. The Morgan fingerprint density at radius 2 is 1.48 bits per heavy atom. The van der Waals surface area contributed by atoms with Crippen LogP contribution in [0.3, 0.4) is 0 Å². The third-order valence-corrected chi connectivity index (χ3v) is 6.35. The molecule has 2 aliphatic rings. The van der Waals surface area contributed by atoms with Gasteiger partial charge in [-0.3, -0.25) is 4.39 Å². The number of halogens is 3. The zero-order chi connectivity index (χ0) is 17.6. The predicted octanol–water partition coefficient (Wildman–Crippen LogP) is 6.96. The van der Waals surface area contributed by atoms with Crippen molar-refractivity contribution in [2.45, 2.75) is 63.7 Å². The first-order chi connectivity index (χ1) is 12.2. The highest BCUT2D eigenvalue weighted by molar-refractivity contribution is 5.22. The molecule has 0 N–H and O–H groups in total. The Balaban J connectivity index is 1.46. The summed E-state index contributed by atoms with van der Waals surface area (Å²) < 4.78 is 38.7. The van der Waals surface area contributed by atoms with E-state index in [0.29, 0.717) is 18.3 Å². The number of hydrogen-bond donors (Lipinski definition) is 0. The topological polar surface area (TPSA) is 0 Å². The van der Waals surface area contributed by atoms with Gasteiger partial charge in [-0.1, -0.05) is 18.2 Å². The van der Waals surface area contributed by atoms with Crippen molar-refractivity contribution in [1.82, 2.24) is 0 Å². The molecule has 0 saturated heterocycles. The Morgan fingerprint density at radius 3 is 2.08 bits per heavy atom. The summed E-state index contributed by atoms with van der Waals surface area (Å²) in [5, 5.41) is 0. The van der Waals surface area contributed by atoms with E-state index in [0.717, 1.165) is 30.2 Å². The van der Waals surface area contributed by atoms with Crippen molar-refractivity contribution in [2.75, 3.05) is 6.67 Å². The fourth-order valence-corrected chi connectivity index (χ4v) is 4.85. The van der Waals surface area contributed by atoms with E-state index in [1.165, 1.54) is 50.7 Å². The highest BCUT2D eigenvalue weighted by atomic mass is 19.2. The van der Waals surface area contributed by atoms with Crippen LogP contribution >= 0.6 is 0 Å². The fraction of sp³-hybridized carbons (Fsp3) is 0.636. The molecule has 0 atom stereocenters. The summed E-state index contributed by atoms with van der Waals surface area (Å²) in [6, 6.07) is 4.39. The van der Waals surface area contributed by atoms with E-state index in [1.54, 1.807) is 6.07 Å². The van der Waals surface area contributed by atoms with Gasteiger partial charge in [0.15, 0.2) is 11.6 Å². The summed E-state index contributed by atoms with van der Waals surface area (Å²) in [5.74, 6) is 1.15. The summed E-state index contributed by atoms with van der Waals surface area (Å²) in [5.41, 5.74) is 0.957. The number of benzene rings is 1. The van der Waals surface area contributed by atoms with Crippen LogP contribution in [-0.4, -0.2) is 6.67 Å². The van der Waals surface area contributed by atoms with Gasteiger partial charge >= 0.3 is 0 Å². The summed E-state index contributed by atoms with van der Waals surface area (Å²) in [7, 11) is 0. The zero-order valence-corrected chi connectivity index (χ0v) is 14.9. The average Bonchev–Trinajstić information content (AvgIpc) is 2.65. The van der Waals surface area contributed by atoms with Gasteiger partial charge in [0, 0.05) is 0 Å². The average molecular weight is 350 g/mol. The molecule has 3 heteroatoms. The van der Waals surface area contributed by atoms with Crippen molar-refractivity contribution in [3.8, 4) is 0 Å². The molecule has 138 valence electrons. The first-order valence-electron chi connectivity index (χ1n) is 9.85. The second-order valence-corrected chi connectivity index (χ2v) is 7.87. The minimum absolute atomic E-state index is 0.257. The van der Waals surface area contributed by atoms with Crippen LogP contribution in [0.2, 0.25) is 0 Å². The van der Waals surface area contributed by atoms with Crippen LogP contribution in [0.4, 0.5) is 13.2 Å². The van der Waals surface area contributed by atoms with Crippen LogP contribution in [0.1, 0.15) is 69.3 Å². The lowest BCUT2D eigenvalue weighted by atomic mass is 9.68. The Hall–Kier alpha value is -1.25. The Morgan fingerprint density at radius 1 is 0.840 bits per heavy atom. The molecule has 2 aliphatic carbocycles. The van der Waals surface area contributed by atoms with E-state index in [-0.39, 0.29) is 6.67 Å². The van der Waals surface area contributed by atoms with E-state index in [2.05, 4.69) is 6.08 Å². The largest absolute Gasteiger partial charge is 0.251 e. The van der Waals surface area contributed by atoms with Crippen LogP contribution in [0.15, 0.2) is 30.4 Å². The molecule has 0 aliphatic heterocycles. The zero-order valence-electron chi connectivity index (χ0n) is 14.9. The van der Waals surface area contributed by atoms with Gasteiger partial charge in [-0.25, -0.2) is 8.78 Å². The highest BCUT2D eigenvalue weighted by Gasteiger charge is 2.30. The molecular weight excluding hydrogens is 321 g/mol. The van der Waals surface area contributed by atoms with Gasteiger partial charge in [-0.15, -0.1) is 0 Å². The lowest BCUT2D eigenvalue weighted by Gasteiger charge is -2.37. The van der Waals surface area contributed by atoms with Crippen LogP contribution < -0.4 is 0 Å². The van der Waals surface area contributed by atoms with Gasteiger partial charge in [-0.2, -0.15) is 0 Å².